The smallest absolute Gasteiger partial charge is 0.127 e. The maximum atomic E-state index is 10.7. The Morgan fingerprint density at radius 1 is 1.45 bits per heavy atom. The van der Waals surface area contributed by atoms with Gasteiger partial charge in [0.15, 0.2) is 0 Å². The summed E-state index contributed by atoms with van der Waals surface area (Å²) < 4.78 is 0. The molecule has 0 radical (unpaired) electrons. The summed E-state index contributed by atoms with van der Waals surface area (Å²) in [5.41, 5.74) is 0.829. The molecule has 110 valence electrons. The summed E-state index contributed by atoms with van der Waals surface area (Å²) in [5, 5.41) is 14.0. The average Bonchev–Trinajstić information content (AvgIpc) is 2.47. The maximum absolute atomic E-state index is 10.7. The van der Waals surface area contributed by atoms with Crippen molar-refractivity contribution in [2.24, 2.45) is 5.92 Å². The topological polar surface area (TPSA) is 48.4 Å². The number of pyridine rings is 1. The van der Waals surface area contributed by atoms with Gasteiger partial charge in [-0.2, -0.15) is 0 Å². The summed E-state index contributed by atoms with van der Waals surface area (Å²) in [6.07, 6.45) is 7.38. The first-order valence-corrected chi connectivity index (χ1v) is 7.88. The van der Waals surface area contributed by atoms with Crippen molar-refractivity contribution in [1.29, 1.82) is 0 Å². The van der Waals surface area contributed by atoms with Gasteiger partial charge in [-0.3, -0.25) is 0 Å². The van der Waals surface area contributed by atoms with Crippen LogP contribution in [0.15, 0.2) is 18.3 Å². The summed E-state index contributed by atoms with van der Waals surface area (Å²) in [5.74, 6) is 1.37. The molecule has 20 heavy (non-hydrogen) atoms. The number of aromatic nitrogens is 1. The third-order valence-corrected chi connectivity index (χ3v) is 4.89. The summed E-state index contributed by atoms with van der Waals surface area (Å²) in [6, 6.07) is 4.20. The minimum Gasteiger partial charge on any atom is -0.389 e. The largest absolute Gasteiger partial charge is 0.389 e. The number of aliphatic hydroxyl groups is 1. The van der Waals surface area contributed by atoms with Gasteiger partial charge < -0.3 is 15.3 Å². The number of rotatable bonds is 3. The van der Waals surface area contributed by atoms with Gasteiger partial charge in [-0.15, -0.1) is 0 Å². The van der Waals surface area contributed by atoms with Crippen LogP contribution in [-0.4, -0.2) is 35.3 Å². The summed E-state index contributed by atoms with van der Waals surface area (Å²) in [7, 11) is 0. The number of hydrogen-bond acceptors (Lipinski definition) is 4. The van der Waals surface area contributed by atoms with E-state index in [1.54, 1.807) is 0 Å². The van der Waals surface area contributed by atoms with E-state index in [9.17, 15) is 5.11 Å². The Morgan fingerprint density at radius 3 is 3.20 bits per heavy atom. The molecule has 1 aromatic heterocycles. The van der Waals surface area contributed by atoms with Gasteiger partial charge in [0.25, 0.3) is 0 Å². The Morgan fingerprint density at radius 2 is 2.35 bits per heavy atom. The fourth-order valence-corrected chi connectivity index (χ4v) is 3.70. The van der Waals surface area contributed by atoms with E-state index in [0.29, 0.717) is 5.92 Å². The van der Waals surface area contributed by atoms with Crippen molar-refractivity contribution in [3.63, 3.8) is 0 Å². The van der Waals surface area contributed by atoms with Gasteiger partial charge in [0.05, 0.1) is 5.60 Å². The first kappa shape index (κ1) is 13.7. The average molecular weight is 275 g/mol. The monoisotopic (exact) mass is 275 g/mol. The van der Waals surface area contributed by atoms with E-state index in [-0.39, 0.29) is 0 Å². The first-order chi connectivity index (χ1) is 9.71. The Balaban J connectivity index is 1.74. The molecule has 2 heterocycles. The molecule has 0 bridgehead atoms. The molecule has 4 heteroatoms. The molecule has 1 aliphatic carbocycles. The maximum Gasteiger partial charge on any atom is 0.127 e. The zero-order valence-corrected chi connectivity index (χ0v) is 12.3. The highest BCUT2D eigenvalue weighted by atomic mass is 16.3. The molecule has 2 N–H and O–H groups in total. The molecule has 3 rings (SSSR count). The number of anilines is 2. The van der Waals surface area contributed by atoms with Crippen LogP contribution in [0.25, 0.3) is 0 Å². The van der Waals surface area contributed by atoms with E-state index in [1.165, 1.54) is 18.5 Å². The molecular formula is C16H25N3O. The highest BCUT2D eigenvalue weighted by Gasteiger charge is 2.42. The third kappa shape index (κ3) is 2.62. The Bertz CT molecular complexity index is 465. The molecule has 1 aromatic rings. The zero-order chi connectivity index (χ0) is 14.0. The van der Waals surface area contributed by atoms with E-state index in [1.807, 2.05) is 6.20 Å². The molecule has 1 aliphatic heterocycles. The van der Waals surface area contributed by atoms with Crippen molar-refractivity contribution in [1.82, 2.24) is 4.98 Å². The number of piperidine rings is 1. The van der Waals surface area contributed by atoms with Gasteiger partial charge in [0, 0.05) is 43.5 Å². The van der Waals surface area contributed by atoms with Crippen LogP contribution in [0.4, 0.5) is 11.5 Å². The molecule has 2 unspecified atom stereocenters. The predicted molar refractivity (Wildman–Crippen MR) is 82.1 cm³/mol. The second-order valence-corrected chi connectivity index (χ2v) is 6.17. The molecule has 2 atom stereocenters. The minimum absolute atomic E-state index is 0.397. The molecule has 1 saturated heterocycles. The van der Waals surface area contributed by atoms with Crippen LogP contribution in [0, 0.1) is 5.92 Å². The second-order valence-electron chi connectivity index (χ2n) is 6.17. The van der Waals surface area contributed by atoms with Gasteiger partial charge in [0.2, 0.25) is 0 Å². The molecule has 1 saturated carbocycles. The van der Waals surface area contributed by atoms with Crippen molar-refractivity contribution in [3.8, 4) is 0 Å². The van der Waals surface area contributed by atoms with E-state index >= 15 is 0 Å². The Kier molecular flexibility index (Phi) is 3.83. The number of nitrogens with zero attached hydrogens (tertiary/aromatic N) is 2. The highest BCUT2D eigenvalue weighted by molar-refractivity contribution is 5.54. The van der Waals surface area contributed by atoms with Crippen molar-refractivity contribution >= 4 is 11.5 Å². The summed E-state index contributed by atoms with van der Waals surface area (Å²) >= 11 is 0. The van der Waals surface area contributed by atoms with E-state index in [0.717, 1.165) is 44.7 Å². The van der Waals surface area contributed by atoms with E-state index in [4.69, 9.17) is 0 Å². The quantitative estimate of drug-likeness (QED) is 0.890. The van der Waals surface area contributed by atoms with Crippen LogP contribution >= 0.6 is 0 Å². The van der Waals surface area contributed by atoms with Crippen LogP contribution in [-0.2, 0) is 0 Å². The van der Waals surface area contributed by atoms with Crippen LogP contribution in [0.1, 0.15) is 39.0 Å². The minimum atomic E-state index is -0.397. The van der Waals surface area contributed by atoms with Crippen molar-refractivity contribution < 1.29 is 5.11 Å². The lowest BCUT2D eigenvalue weighted by Crippen LogP contribution is -2.53. The van der Waals surface area contributed by atoms with Crippen molar-refractivity contribution in [2.75, 3.05) is 29.9 Å². The summed E-state index contributed by atoms with van der Waals surface area (Å²) in [6.45, 7) is 4.89. The number of hydrogen-bond donors (Lipinski definition) is 2. The molecule has 2 fully saturated rings. The molecule has 4 nitrogen and oxygen atoms in total. The predicted octanol–water partition coefficient (Wildman–Crippen LogP) is 2.64. The normalized spacial score (nSPS) is 29.9. The van der Waals surface area contributed by atoms with Gasteiger partial charge in [-0.05, 0) is 32.3 Å². The Labute approximate surface area is 121 Å². The molecule has 0 spiro atoms. The fraction of sp³-hybridized carbons (Fsp3) is 0.688. The van der Waals surface area contributed by atoms with Crippen LogP contribution < -0.4 is 10.2 Å². The van der Waals surface area contributed by atoms with Gasteiger partial charge >= 0.3 is 0 Å². The standard InChI is InChI=1S/C16H25N3O/c1-2-17-15-11-14(6-9-18-15)19-10-8-16(20)7-4-3-5-13(16)12-19/h6,9,11,13,20H,2-5,7-8,10,12H2,1H3,(H,17,18). The fourth-order valence-electron chi connectivity index (χ4n) is 3.70. The van der Waals surface area contributed by atoms with Crippen LogP contribution in [0.3, 0.4) is 0 Å². The van der Waals surface area contributed by atoms with E-state index < -0.39 is 5.60 Å². The van der Waals surface area contributed by atoms with Crippen LogP contribution in [0.2, 0.25) is 0 Å². The molecule has 0 amide bonds. The third-order valence-electron chi connectivity index (χ3n) is 4.89. The van der Waals surface area contributed by atoms with Crippen molar-refractivity contribution in [2.45, 2.75) is 44.6 Å². The van der Waals surface area contributed by atoms with E-state index in [2.05, 4.69) is 34.3 Å². The van der Waals surface area contributed by atoms with Crippen LogP contribution in [0.5, 0.6) is 0 Å². The second kappa shape index (κ2) is 5.60. The number of fused-ring (bicyclic) bond motifs is 1. The highest BCUT2D eigenvalue weighted by Crippen LogP contribution is 2.40. The lowest BCUT2D eigenvalue weighted by atomic mass is 9.71. The first-order valence-electron chi connectivity index (χ1n) is 7.88. The molecule has 2 aliphatic rings. The lowest BCUT2D eigenvalue weighted by Gasteiger charge is -2.48. The molecule has 0 aromatic carbocycles. The zero-order valence-electron chi connectivity index (χ0n) is 12.3. The molecular weight excluding hydrogens is 250 g/mol. The SMILES string of the molecule is CCNc1cc(N2CCC3(O)CCCCC3C2)ccn1. The van der Waals surface area contributed by atoms with Gasteiger partial charge in [-0.25, -0.2) is 4.98 Å². The summed E-state index contributed by atoms with van der Waals surface area (Å²) in [4.78, 5) is 6.74. The Hall–Kier alpha value is -1.29. The van der Waals surface area contributed by atoms with Crippen molar-refractivity contribution in [3.05, 3.63) is 18.3 Å². The van der Waals surface area contributed by atoms with Gasteiger partial charge in [0.1, 0.15) is 5.82 Å². The number of nitrogens with one attached hydrogen (secondary N) is 1. The lowest BCUT2D eigenvalue weighted by molar-refractivity contribution is -0.0612. The van der Waals surface area contributed by atoms with Gasteiger partial charge in [-0.1, -0.05) is 12.8 Å².